The van der Waals surface area contributed by atoms with E-state index in [2.05, 4.69) is 5.32 Å². The molecule has 2 aromatic rings. The topological polar surface area (TPSA) is 86.3 Å². The van der Waals surface area contributed by atoms with Gasteiger partial charge in [0, 0.05) is 25.1 Å². The molecule has 1 aliphatic heterocycles. The summed E-state index contributed by atoms with van der Waals surface area (Å²) in [6, 6.07) is 10.3. The van der Waals surface area contributed by atoms with Crippen molar-refractivity contribution in [3.8, 4) is 23.0 Å². The van der Waals surface area contributed by atoms with Crippen molar-refractivity contribution in [2.45, 2.75) is 6.42 Å². The van der Waals surface area contributed by atoms with Crippen LogP contribution in [0.25, 0.3) is 0 Å². The highest BCUT2D eigenvalue weighted by molar-refractivity contribution is 6.04. The van der Waals surface area contributed by atoms with Crippen LogP contribution in [-0.2, 0) is 9.59 Å². The third kappa shape index (κ3) is 4.21. The van der Waals surface area contributed by atoms with Gasteiger partial charge in [-0.05, 0) is 24.3 Å². The smallest absolute Gasteiger partial charge is 0.229 e. The van der Waals surface area contributed by atoms with Crippen LogP contribution in [0.2, 0.25) is 0 Å². The van der Waals surface area contributed by atoms with E-state index in [-0.39, 0.29) is 24.8 Å². The summed E-state index contributed by atoms with van der Waals surface area (Å²) >= 11 is 0. The van der Waals surface area contributed by atoms with Gasteiger partial charge in [-0.25, -0.2) is 0 Å². The fourth-order valence-corrected chi connectivity index (χ4v) is 3.26. The number of anilines is 2. The quantitative estimate of drug-likeness (QED) is 0.769. The number of ether oxygens (including phenoxy) is 4. The maximum Gasteiger partial charge on any atom is 0.229 e. The van der Waals surface area contributed by atoms with Crippen molar-refractivity contribution in [3.05, 3.63) is 36.4 Å². The molecule has 8 nitrogen and oxygen atoms in total. The lowest BCUT2D eigenvalue weighted by atomic mass is 10.1. The second-order valence-electron chi connectivity index (χ2n) is 6.50. The van der Waals surface area contributed by atoms with Crippen molar-refractivity contribution in [2.24, 2.45) is 5.92 Å². The molecule has 1 saturated heterocycles. The highest BCUT2D eigenvalue weighted by Crippen LogP contribution is 2.36. The number of hydrogen-bond donors (Lipinski definition) is 1. The van der Waals surface area contributed by atoms with Crippen molar-refractivity contribution < 1.29 is 28.5 Å². The Hall–Kier alpha value is -3.42. The fourth-order valence-electron chi connectivity index (χ4n) is 3.26. The summed E-state index contributed by atoms with van der Waals surface area (Å²) in [5.41, 5.74) is 1.09. The molecule has 0 aliphatic carbocycles. The molecule has 0 bridgehead atoms. The Kier molecular flexibility index (Phi) is 6.11. The zero-order valence-electron chi connectivity index (χ0n) is 16.9. The van der Waals surface area contributed by atoms with Gasteiger partial charge in [0.2, 0.25) is 11.8 Å². The minimum absolute atomic E-state index is 0.102. The molecule has 1 N–H and O–H groups in total. The zero-order chi connectivity index (χ0) is 21.0. The van der Waals surface area contributed by atoms with Crippen LogP contribution >= 0.6 is 0 Å². The number of nitrogens with zero attached hydrogens (tertiary/aromatic N) is 1. The minimum atomic E-state index is -0.509. The van der Waals surface area contributed by atoms with Crippen molar-refractivity contribution in [1.29, 1.82) is 0 Å². The molecule has 0 saturated carbocycles. The van der Waals surface area contributed by atoms with Crippen LogP contribution in [0.4, 0.5) is 11.4 Å². The monoisotopic (exact) mass is 400 g/mol. The molecule has 0 unspecified atom stereocenters. The van der Waals surface area contributed by atoms with Crippen LogP contribution in [0, 0.1) is 5.92 Å². The van der Waals surface area contributed by atoms with Gasteiger partial charge in [0.05, 0.1) is 45.7 Å². The molecule has 3 rings (SSSR count). The summed E-state index contributed by atoms with van der Waals surface area (Å²) < 4.78 is 21.1. The number of benzene rings is 2. The summed E-state index contributed by atoms with van der Waals surface area (Å²) in [6.45, 7) is 0.243. The van der Waals surface area contributed by atoms with Crippen LogP contribution < -0.4 is 29.2 Å². The summed E-state index contributed by atoms with van der Waals surface area (Å²) in [7, 11) is 6.15. The second-order valence-corrected chi connectivity index (χ2v) is 6.50. The lowest BCUT2D eigenvalue weighted by Gasteiger charge is -2.20. The predicted octanol–water partition coefficient (Wildman–Crippen LogP) is 2.71. The van der Waals surface area contributed by atoms with Crippen molar-refractivity contribution in [2.75, 3.05) is 45.2 Å². The van der Waals surface area contributed by atoms with E-state index in [0.29, 0.717) is 34.4 Å². The predicted molar refractivity (Wildman–Crippen MR) is 108 cm³/mol. The van der Waals surface area contributed by atoms with Gasteiger partial charge in [0.1, 0.15) is 23.0 Å². The van der Waals surface area contributed by atoms with Gasteiger partial charge in [-0.3, -0.25) is 9.59 Å². The summed E-state index contributed by atoms with van der Waals surface area (Å²) in [4.78, 5) is 27.0. The minimum Gasteiger partial charge on any atom is -0.497 e. The average Bonchev–Trinajstić information content (AvgIpc) is 3.15. The van der Waals surface area contributed by atoms with E-state index in [1.807, 2.05) is 0 Å². The Morgan fingerprint density at radius 3 is 2.24 bits per heavy atom. The third-order valence-electron chi connectivity index (χ3n) is 4.84. The van der Waals surface area contributed by atoms with Gasteiger partial charge >= 0.3 is 0 Å². The first-order valence-electron chi connectivity index (χ1n) is 9.06. The van der Waals surface area contributed by atoms with E-state index in [0.717, 1.165) is 0 Å². The van der Waals surface area contributed by atoms with E-state index in [4.69, 9.17) is 18.9 Å². The number of carbonyl (C=O) groups is 2. The molecule has 1 aliphatic rings. The molecule has 0 spiro atoms. The van der Waals surface area contributed by atoms with Gasteiger partial charge in [-0.1, -0.05) is 0 Å². The number of methoxy groups -OCH3 is 4. The fraction of sp³-hybridized carbons (Fsp3) is 0.333. The number of amides is 2. The van der Waals surface area contributed by atoms with E-state index >= 15 is 0 Å². The van der Waals surface area contributed by atoms with Crippen LogP contribution in [-0.4, -0.2) is 46.8 Å². The molecule has 1 fully saturated rings. The van der Waals surface area contributed by atoms with Gasteiger partial charge in [0.15, 0.2) is 0 Å². The molecule has 2 amide bonds. The van der Waals surface area contributed by atoms with Gasteiger partial charge in [-0.2, -0.15) is 0 Å². The number of carbonyl (C=O) groups excluding carboxylic acids is 2. The highest BCUT2D eigenvalue weighted by Gasteiger charge is 2.36. The molecular formula is C21H24N2O6. The Labute approximate surface area is 169 Å². The lowest BCUT2D eigenvalue weighted by Crippen LogP contribution is -2.28. The normalized spacial score (nSPS) is 15.8. The first kappa shape index (κ1) is 20.3. The van der Waals surface area contributed by atoms with Crippen LogP contribution in [0.3, 0.4) is 0 Å². The molecular weight excluding hydrogens is 376 g/mol. The summed E-state index contributed by atoms with van der Waals surface area (Å²) in [5.74, 6) is 1.32. The standard InChI is InChI=1S/C21H24N2O6/c1-26-14-6-8-18(28-3)17(10-14)23-12-13(9-20(23)24)21(25)22-16-7-5-15(27-2)11-19(16)29-4/h5-8,10-11,13H,9,12H2,1-4H3,(H,22,25)/t13-/m1/s1. The molecule has 154 valence electrons. The Balaban J connectivity index is 1.78. The average molecular weight is 400 g/mol. The Morgan fingerprint density at radius 1 is 0.931 bits per heavy atom. The molecule has 8 heteroatoms. The summed E-state index contributed by atoms with van der Waals surface area (Å²) in [6.07, 6.45) is 0.102. The van der Waals surface area contributed by atoms with Crippen LogP contribution in [0.1, 0.15) is 6.42 Å². The number of nitrogens with one attached hydrogen (secondary N) is 1. The van der Waals surface area contributed by atoms with Crippen LogP contribution in [0.15, 0.2) is 36.4 Å². The van der Waals surface area contributed by atoms with Crippen molar-refractivity contribution in [1.82, 2.24) is 0 Å². The Morgan fingerprint density at radius 2 is 1.59 bits per heavy atom. The van der Waals surface area contributed by atoms with E-state index < -0.39 is 5.92 Å². The van der Waals surface area contributed by atoms with E-state index in [1.165, 1.54) is 14.2 Å². The SMILES string of the molecule is COc1ccc(NC(=O)[C@@H]2CC(=O)N(c3cc(OC)ccc3OC)C2)c(OC)c1. The van der Waals surface area contributed by atoms with Crippen LogP contribution in [0.5, 0.6) is 23.0 Å². The van der Waals surface area contributed by atoms with Gasteiger partial charge < -0.3 is 29.2 Å². The van der Waals surface area contributed by atoms with Gasteiger partial charge in [0.25, 0.3) is 0 Å². The highest BCUT2D eigenvalue weighted by atomic mass is 16.5. The third-order valence-corrected chi connectivity index (χ3v) is 4.84. The maximum atomic E-state index is 12.8. The number of rotatable bonds is 7. The van der Waals surface area contributed by atoms with E-state index in [1.54, 1.807) is 55.5 Å². The van der Waals surface area contributed by atoms with Crippen molar-refractivity contribution >= 4 is 23.2 Å². The molecule has 2 aromatic carbocycles. The molecule has 1 atom stereocenters. The molecule has 1 heterocycles. The molecule has 0 aromatic heterocycles. The zero-order valence-corrected chi connectivity index (χ0v) is 16.9. The first-order chi connectivity index (χ1) is 14.0. The van der Waals surface area contributed by atoms with Gasteiger partial charge in [-0.15, -0.1) is 0 Å². The lowest BCUT2D eigenvalue weighted by molar-refractivity contribution is -0.122. The first-order valence-corrected chi connectivity index (χ1v) is 9.06. The molecule has 29 heavy (non-hydrogen) atoms. The second kappa shape index (κ2) is 8.72. The Bertz CT molecular complexity index is 914. The molecule has 0 radical (unpaired) electrons. The largest absolute Gasteiger partial charge is 0.497 e. The van der Waals surface area contributed by atoms with E-state index in [9.17, 15) is 9.59 Å². The number of hydrogen-bond acceptors (Lipinski definition) is 6. The maximum absolute atomic E-state index is 12.8. The van der Waals surface area contributed by atoms with Crippen molar-refractivity contribution in [3.63, 3.8) is 0 Å². The summed E-state index contributed by atoms with van der Waals surface area (Å²) in [5, 5.41) is 2.84.